The summed E-state index contributed by atoms with van der Waals surface area (Å²) in [6.07, 6.45) is 0. The molecule has 138 valence electrons. The largest absolute Gasteiger partial charge is 0.495 e. The summed E-state index contributed by atoms with van der Waals surface area (Å²) in [5.74, 6) is 0.649. The quantitative estimate of drug-likeness (QED) is 0.412. The highest BCUT2D eigenvalue weighted by molar-refractivity contribution is 14.1. The van der Waals surface area contributed by atoms with Crippen molar-refractivity contribution in [3.63, 3.8) is 0 Å². The Labute approximate surface area is 169 Å². The Morgan fingerprint density at radius 3 is 2.63 bits per heavy atom. The van der Waals surface area contributed by atoms with Crippen molar-refractivity contribution in [3.05, 3.63) is 63.5 Å². The van der Waals surface area contributed by atoms with Gasteiger partial charge in [-0.2, -0.15) is 15.0 Å². The third-order valence-electron chi connectivity index (χ3n) is 3.48. The molecule has 3 N–H and O–H groups in total. The molecule has 0 aliphatic rings. The zero-order valence-electron chi connectivity index (χ0n) is 14.3. The van der Waals surface area contributed by atoms with Gasteiger partial charge in [0.05, 0.1) is 18.4 Å². The van der Waals surface area contributed by atoms with Crippen LogP contribution in [0.2, 0.25) is 0 Å². The van der Waals surface area contributed by atoms with Crippen molar-refractivity contribution >= 4 is 46.1 Å². The lowest BCUT2D eigenvalue weighted by Crippen LogP contribution is -2.12. The summed E-state index contributed by atoms with van der Waals surface area (Å²) < 4.78 is 11.4. The number of ether oxygens (including phenoxy) is 2. The molecular weight excluding hydrogens is 461 g/mol. The average molecular weight is 477 g/mol. The van der Waals surface area contributed by atoms with Crippen LogP contribution in [0.3, 0.4) is 0 Å². The fourth-order valence-corrected chi connectivity index (χ4v) is 2.87. The Hall–Kier alpha value is -2.95. The summed E-state index contributed by atoms with van der Waals surface area (Å²) in [6.45, 7) is -0.128. The maximum Gasteiger partial charge on any atom is 0.339 e. The lowest BCUT2D eigenvalue weighted by Gasteiger charge is -2.11. The van der Waals surface area contributed by atoms with Crippen molar-refractivity contribution < 1.29 is 14.3 Å². The van der Waals surface area contributed by atoms with E-state index < -0.39 is 5.97 Å². The number of nitrogen functional groups attached to an aromatic ring is 1. The molecule has 3 rings (SSSR count). The number of nitrogens with two attached hydrogens (primary N) is 1. The molecule has 0 amide bonds. The molecule has 0 radical (unpaired) electrons. The molecule has 9 heteroatoms. The first-order valence-electron chi connectivity index (χ1n) is 7.89. The molecule has 0 aliphatic heterocycles. The van der Waals surface area contributed by atoms with Crippen molar-refractivity contribution in [2.24, 2.45) is 0 Å². The maximum absolute atomic E-state index is 12.2. The molecule has 3 aromatic rings. The summed E-state index contributed by atoms with van der Waals surface area (Å²) >= 11 is 2.08. The van der Waals surface area contributed by atoms with E-state index in [0.29, 0.717) is 17.0 Å². The van der Waals surface area contributed by atoms with Gasteiger partial charge in [0.2, 0.25) is 11.9 Å². The Morgan fingerprint density at radius 1 is 1.11 bits per heavy atom. The number of aromatic nitrogens is 3. The molecule has 27 heavy (non-hydrogen) atoms. The minimum Gasteiger partial charge on any atom is -0.495 e. The highest BCUT2D eigenvalue weighted by Gasteiger charge is 2.13. The van der Waals surface area contributed by atoms with Gasteiger partial charge in [0.25, 0.3) is 0 Å². The first kappa shape index (κ1) is 18.8. The van der Waals surface area contributed by atoms with Gasteiger partial charge in [-0.15, -0.1) is 0 Å². The topological polar surface area (TPSA) is 112 Å². The van der Waals surface area contributed by atoms with Crippen LogP contribution < -0.4 is 15.8 Å². The third-order valence-corrected chi connectivity index (χ3v) is 4.42. The van der Waals surface area contributed by atoms with Gasteiger partial charge in [-0.3, -0.25) is 0 Å². The predicted octanol–water partition coefficient (Wildman–Crippen LogP) is 3.17. The van der Waals surface area contributed by atoms with E-state index in [1.54, 1.807) is 25.3 Å². The van der Waals surface area contributed by atoms with Gasteiger partial charge < -0.3 is 20.5 Å². The second kappa shape index (κ2) is 8.62. The molecule has 0 bridgehead atoms. The van der Waals surface area contributed by atoms with Crippen molar-refractivity contribution in [1.29, 1.82) is 0 Å². The number of nitrogens with zero attached hydrogens (tertiary/aromatic N) is 3. The molecular formula is C18H16IN5O3. The van der Waals surface area contributed by atoms with Gasteiger partial charge in [-0.25, -0.2) is 4.79 Å². The Bertz CT molecular complexity index is 967. The van der Waals surface area contributed by atoms with Gasteiger partial charge >= 0.3 is 5.97 Å². The zero-order chi connectivity index (χ0) is 19.2. The van der Waals surface area contributed by atoms with Crippen LogP contribution in [0.1, 0.15) is 16.2 Å². The van der Waals surface area contributed by atoms with Crippen LogP contribution in [0.25, 0.3) is 0 Å². The van der Waals surface area contributed by atoms with Crippen LogP contribution in [0.15, 0.2) is 48.5 Å². The number of carbonyl (C=O) groups excluding carboxylic acids is 1. The third kappa shape index (κ3) is 4.82. The van der Waals surface area contributed by atoms with Gasteiger partial charge in [0.1, 0.15) is 5.75 Å². The predicted molar refractivity (Wildman–Crippen MR) is 109 cm³/mol. The summed E-state index contributed by atoms with van der Waals surface area (Å²) in [5, 5.41) is 3.02. The number of methoxy groups -OCH3 is 1. The van der Waals surface area contributed by atoms with E-state index in [1.165, 1.54) is 0 Å². The van der Waals surface area contributed by atoms with Crippen LogP contribution in [-0.4, -0.2) is 28.0 Å². The Balaban J connectivity index is 1.74. The number of nitrogens with one attached hydrogen (secondary N) is 1. The molecule has 0 fully saturated rings. The smallest absolute Gasteiger partial charge is 0.339 e. The number of hydrogen-bond donors (Lipinski definition) is 2. The Morgan fingerprint density at radius 2 is 1.85 bits per heavy atom. The number of rotatable bonds is 6. The van der Waals surface area contributed by atoms with Crippen LogP contribution in [0.5, 0.6) is 5.75 Å². The van der Waals surface area contributed by atoms with Crippen LogP contribution in [-0.2, 0) is 11.3 Å². The van der Waals surface area contributed by atoms with E-state index in [4.69, 9.17) is 15.2 Å². The Kier molecular flexibility index (Phi) is 6.01. The first-order chi connectivity index (χ1) is 13.1. The fourth-order valence-electron chi connectivity index (χ4n) is 2.26. The fraction of sp³-hybridized carbons (Fsp3) is 0.111. The molecule has 0 saturated carbocycles. The van der Waals surface area contributed by atoms with Crippen molar-refractivity contribution in [2.45, 2.75) is 6.61 Å². The number of anilines is 3. The van der Waals surface area contributed by atoms with Crippen LogP contribution in [0.4, 0.5) is 17.6 Å². The highest BCUT2D eigenvalue weighted by atomic mass is 127. The molecule has 0 unspecified atom stereocenters. The SMILES string of the molecule is COc1ccccc1Nc1nc(N)nc(COC(=O)c2ccccc2I)n1. The molecule has 0 saturated heterocycles. The molecule has 8 nitrogen and oxygen atoms in total. The van der Waals surface area contributed by atoms with Crippen molar-refractivity contribution in [2.75, 3.05) is 18.2 Å². The maximum atomic E-state index is 12.2. The molecule has 1 aromatic heterocycles. The summed E-state index contributed by atoms with van der Waals surface area (Å²) in [6, 6.07) is 14.5. The van der Waals surface area contributed by atoms with Gasteiger partial charge in [0.15, 0.2) is 12.4 Å². The van der Waals surface area contributed by atoms with E-state index in [0.717, 1.165) is 3.57 Å². The van der Waals surface area contributed by atoms with Gasteiger partial charge in [0, 0.05) is 3.57 Å². The zero-order valence-corrected chi connectivity index (χ0v) is 16.5. The average Bonchev–Trinajstić information content (AvgIpc) is 2.66. The molecule has 1 heterocycles. The van der Waals surface area contributed by atoms with Crippen LogP contribution >= 0.6 is 22.6 Å². The van der Waals surface area contributed by atoms with E-state index in [9.17, 15) is 4.79 Å². The molecule has 2 aromatic carbocycles. The first-order valence-corrected chi connectivity index (χ1v) is 8.97. The standard InChI is InChI=1S/C18H16IN5O3/c1-26-14-9-5-4-8-13(14)21-18-23-15(22-17(20)24-18)10-27-16(25)11-6-2-3-7-12(11)19/h2-9H,10H2,1H3,(H3,20,21,22,23,24). The molecule has 0 atom stereocenters. The molecule has 0 spiro atoms. The minimum atomic E-state index is -0.460. The minimum absolute atomic E-state index is 0.0164. The number of para-hydroxylation sites is 2. The number of hydrogen-bond acceptors (Lipinski definition) is 8. The number of benzene rings is 2. The number of esters is 1. The van der Waals surface area contributed by atoms with Gasteiger partial charge in [-0.05, 0) is 46.9 Å². The number of carbonyl (C=O) groups is 1. The van der Waals surface area contributed by atoms with Crippen molar-refractivity contribution in [3.8, 4) is 5.75 Å². The summed E-state index contributed by atoms with van der Waals surface area (Å²) in [4.78, 5) is 24.5. The monoisotopic (exact) mass is 477 g/mol. The van der Waals surface area contributed by atoms with E-state index in [2.05, 4.69) is 42.9 Å². The van der Waals surface area contributed by atoms with E-state index in [1.807, 2.05) is 30.3 Å². The summed E-state index contributed by atoms with van der Waals surface area (Å²) in [7, 11) is 1.57. The molecule has 0 aliphatic carbocycles. The second-order valence-corrected chi connectivity index (χ2v) is 6.48. The van der Waals surface area contributed by atoms with Gasteiger partial charge in [-0.1, -0.05) is 24.3 Å². The van der Waals surface area contributed by atoms with Crippen LogP contribution in [0, 0.1) is 3.57 Å². The van der Waals surface area contributed by atoms with Crippen molar-refractivity contribution in [1.82, 2.24) is 15.0 Å². The van der Waals surface area contributed by atoms with E-state index >= 15 is 0 Å². The lowest BCUT2D eigenvalue weighted by molar-refractivity contribution is 0.0461. The lowest BCUT2D eigenvalue weighted by atomic mass is 10.2. The second-order valence-electron chi connectivity index (χ2n) is 5.31. The highest BCUT2D eigenvalue weighted by Crippen LogP contribution is 2.25. The normalized spacial score (nSPS) is 10.3. The van der Waals surface area contributed by atoms with E-state index in [-0.39, 0.29) is 24.3 Å². The summed E-state index contributed by atoms with van der Waals surface area (Å²) in [5.41, 5.74) is 6.90. The number of halogens is 1.